The smallest absolute Gasteiger partial charge is 0.186 e. The number of nitrogens with zero attached hydrogens (tertiary/aromatic N) is 7. The zero-order valence-electron chi connectivity index (χ0n) is 16.6. The van der Waals surface area contributed by atoms with Crippen molar-refractivity contribution in [1.82, 2.24) is 24.7 Å². The normalized spacial score (nSPS) is 14.7. The molecular formula is C21H23N7S. The predicted octanol–water partition coefficient (Wildman–Crippen LogP) is 3.38. The van der Waals surface area contributed by atoms with Crippen LogP contribution in [0.2, 0.25) is 0 Å². The molecule has 1 aromatic carbocycles. The van der Waals surface area contributed by atoms with E-state index in [0.29, 0.717) is 0 Å². The topological polar surface area (TPSA) is 63.0 Å². The molecule has 1 saturated heterocycles. The maximum Gasteiger partial charge on any atom is 0.186 e. The largest absolute Gasteiger partial charge is 0.352 e. The van der Waals surface area contributed by atoms with Crippen LogP contribution in [0.4, 0.5) is 10.9 Å². The molecule has 4 aromatic rings. The number of aromatic nitrogens is 5. The predicted molar refractivity (Wildman–Crippen MR) is 118 cm³/mol. The summed E-state index contributed by atoms with van der Waals surface area (Å²) >= 11 is 1.79. The second-order valence-electron chi connectivity index (χ2n) is 7.29. The standard InChI is InChI=1S/C21H23N7S/c1-3-15-4-5-17-19(10-15)29-21(25-17)28-8-6-27(7-9-28)20-13-22-12-18(24-20)16-11-23-26(2)14-16/h4-5,10-14H,3,6-9H2,1-2H3. The SMILES string of the molecule is CCc1ccc2nc(N3CCN(c4cncc(-c5cnn(C)c5)n4)CC3)sc2c1. The minimum atomic E-state index is 0.857. The lowest BCUT2D eigenvalue weighted by molar-refractivity contribution is 0.645. The Balaban J connectivity index is 1.30. The fourth-order valence-corrected chi connectivity index (χ4v) is 4.72. The van der Waals surface area contributed by atoms with Gasteiger partial charge in [-0.3, -0.25) is 9.67 Å². The number of benzene rings is 1. The van der Waals surface area contributed by atoms with Gasteiger partial charge in [-0.2, -0.15) is 5.10 Å². The zero-order valence-corrected chi connectivity index (χ0v) is 17.4. The van der Waals surface area contributed by atoms with Gasteiger partial charge in [0.05, 0.1) is 34.5 Å². The summed E-state index contributed by atoms with van der Waals surface area (Å²) in [5.74, 6) is 0.919. The van der Waals surface area contributed by atoms with Gasteiger partial charge in [0, 0.05) is 45.0 Å². The van der Waals surface area contributed by atoms with Gasteiger partial charge in [0.2, 0.25) is 0 Å². The van der Waals surface area contributed by atoms with Crippen LogP contribution in [0, 0.1) is 0 Å². The molecular weight excluding hydrogens is 382 g/mol. The lowest BCUT2D eigenvalue weighted by atomic mass is 10.2. The van der Waals surface area contributed by atoms with Crippen molar-refractivity contribution in [3.8, 4) is 11.3 Å². The van der Waals surface area contributed by atoms with Crippen molar-refractivity contribution in [2.45, 2.75) is 13.3 Å². The molecule has 4 heterocycles. The summed E-state index contributed by atoms with van der Waals surface area (Å²) < 4.78 is 3.06. The number of hydrogen-bond donors (Lipinski definition) is 0. The average molecular weight is 406 g/mol. The molecule has 0 bridgehead atoms. The van der Waals surface area contributed by atoms with Crippen LogP contribution in [0.5, 0.6) is 0 Å². The van der Waals surface area contributed by atoms with Crippen molar-refractivity contribution in [3.63, 3.8) is 0 Å². The summed E-state index contributed by atoms with van der Waals surface area (Å²) in [6.07, 6.45) is 8.48. The van der Waals surface area contributed by atoms with Crippen molar-refractivity contribution < 1.29 is 0 Å². The number of fused-ring (bicyclic) bond motifs is 1. The molecule has 148 valence electrons. The van der Waals surface area contributed by atoms with Gasteiger partial charge in [0.15, 0.2) is 5.13 Å². The van der Waals surface area contributed by atoms with Crippen LogP contribution in [-0.4, -0.2) is 50.9 Å². The first-order valence-corrected chi connectivity index (χ1v) is 10.7. The Kier molecular flexibility index (Phi) is 4.63. The summed E-state index contributed by atoms with van der Waals surface area (Å²) in [6, 6.07) is 6.59. The number of piperazine rings is 1. The van der Waals surface area contributed by atoms with Crippen molar-refractivity contribution in [2.24, 2.45) is 7.05 Å². The van der Waals surface area contributed by atoms with Crippen LogP contribution in [0.25, 0.3) is 21.5 Å². The molecule has 0 saturated carbocycles. The zero-order chi connectivity index (χ0) is 19.8. The van der Waals surface area contributed by atoms with E-state index in [4.69, 9.17) is 9.97 Å². The van der Waals surface area contributed by atoms with Gasteiger partial charge in [-0.15, -0.1) is 0 Å². The van der Waals surface area contributed by atoms with Crippen LogP contribution in [0.15, 0.2) is 43.0 Å². The Morgan fingerprint density at radius 3 is 2.59 bits per heavy atom. The first kappa shape index (κ1) is 18.1. The maximum absolute atomic E-state index is 4.85. The van der Waals surface area contributed by atoms with Crippen molar-refractivity contribution in [2.75, 3.05) is 36.0 Å². The van der Waals surface area contributed by atoms with Crippen molar-refractivity contribution in [3.05, 3.63) is 48.5 Å². The number of anilines is 2. The summed E-state index contributed by atoms with van der Waals surface area (Å²) in [4.78, 5) is 18.7. The van der Waals surface area contributed by atoms with Gasteiger partial charge in [-0.25, -0.2) is 9.97 Å². The maximum atomic E-state index is 4.85. The van der Waals surface area contributed by atoms with E-state index >= 15 is 0 Å². The van der Waals surface area contributed by atoms with E-state index in [1.807, 2.05) is 25.6 Å². The molecule has 0 spiro atoms. The third-order valence-electron chi connectivity index (χ3n) is 5.35. The summed E-state index contributed by atoms with van der Waals surface area (Å²) in [5, 5.41) is 5.34. The molecule has 0 amide bonds. The van der Waals surface area contributed by atoms with Crippen molar-refractivity contribution in [1.29, 1.82) is 0 Å². The van der Waals surface area contributed by atoms with E-state index < -0.39 is 0 Å². The van der Waals surface area contributed by atoms with Crippen molar-refractivity contribution >= 4 is 32.5 Å². The van der Waals surface area contributed by atoms with E-state index in [1.165, 1.54) is 10.3 Å². The Bertz CT molecular complexity index is 1140. The molecule has 1 aliphatic heterocycles. The Morgan fingerprint density at radius 1 is 1.00 bits per heavy atom. The fraction of sp³-hybridized carbons (Fsp3) is 0.333. The van der Waals surface area contributed by atoms with Gasteiger partial charge in [0.25, 0.3) is 0 Å². The van der Waals surface area contributed by atoms with E-state index in [2.05, 4.69) is 45.0 Å². The highest BCUT2D eigenvalue weighted by atomic mass is 32.1. The number of rotatable bonds is 4. The number of thiazole rings is 1. The summed E-state index contributed by atoms with van der Waals surface area (Å²) in [6.45, 7) is 5.86. The van der Waals surface area contributed by atoms with Crippen LogP contribution in [-0.2, 0) is 13.5 Å². The lowest BCUT2D eigenvalue weighted by Crippen LogP contribution is -2.46. The summed E-state index contributed by atoms with van der Waals surface area (Å²) in [7, 11) is 1.91. The molecule has 1 aliphatic rings. The number of aryl methyl sites for hydroxylation is 2. The third kappa shape index (κ3) is 3.55. The highest BCUT2D eigenvalue weighted by Gasteiger charge is 2.21. The monoisotopic (exact) mass is 405 g/mol. The first-order chi connectivity index (χ1) is 14.2. The highest BCUT2D eigenvalue weighted by molar-refractivity contribution is 7.22. The molecule has 8 heteroatoms. The Morgan fingerprint density at radius 2 is 1.83 bits per heavy atom. The van der Waals surface area contributed by atoms with Gasteiger partial charge in [-0.05, 0) is 24.1 Å². The Hall–Kier alpha value is -3.00. The Labute approximate surface area is 173 Å². The van der Waals surface area contributed by atoms with E-state index in [9.17, 15) is 0 Å². The average Bonchev–Trinajstić information content (AvgIpc) is 3.39. The fourth-order valence-electron chi connectivity index (χ4n) is 3.64. The van der Waals surface area contributed by atoms with Crippen LogP contribution in [0.3, 0.4) is 0 Å². The highest BCUT2D eigenvalue weighted by Crippen LogP contribution is 2.30. The van der Waals surface area contributed by atoms with Crippen LogP contribution >= 0.6 is 11.3 Å². The molecule has 1 fully saturated rings. The minimum Gasteiger partial charge on any atom is -0.352 e. The molecule has 0 unspecified atom stereocenters. The molecule has 0 aliphatic carbocycles. The van der Waals surface area contributed by atoms with Gasteiger partial charge in [0.1, 0.15) is 5.82 Å². The molecule has 0 radical (unpaired) electrons. The molecule has 0 atom stereocenters. The van der Waals surface area contributed by atoms with E-state index in [0.717, 1.165) is 60.3 Å². The van der Waals surface area contributed by atoms with Gasteiger partial charge >= 0.3 is 0 Å². The number of hydrogen-bond acceptors (Lipinski definition) is 7. The molecule has 3 aromatic heterocycles. The van der Waals surface area contributed by atoms with E-state index in [-0.39, 0.29) is 0 Å². The molecule has 29 heavy (non-hydrogen) atoms. The lowest BCUT2D eigenvalue weighted by Gasteiger charge is -2.35. The second-order valence-corrected chi connectivity index (χ2v) is 8.30. The second kappa shape index (κ2) is 7.44. The molecule has 5 rings (SSSR count). The van der Waals surface area contributed by atoms with Crippen LogP contribution in [0.1, 0.15) is 12.5 Å². The quantitative estimate of drug-likeness (QED) is 0.519. The third-order valence-corrected chi connectivity index (χ3v) is 6.43. The molecule has 0 N–H and O–H groups in total. The van der Waals surface area contributed by atoms with Gasteiger partial charge in [-0.1, -0.05) is 24.3 Å². The minimum absolute atomic E-state index is 0.857. The first-order valence-electron chi connectivity index (χ1n) is 9.90. The van der Waals surface area contributed by atoms with Gasteiger partial charge < -0.3 is 9.80 Å². The van der Waals surface area contributed by atoms with E-state index in [1.54, 1.807) is 22.2 Å². The van der Waals surface area contributed by atoms with Crippen LogP contribution < -0.4 is 9.80 Å². The summed E-state index contributed by atoms with van der Waals surface area (Å²) in [5.41, 5.74) is 4.31. The molecule has 7 nitrogen and oxygen atoms in total.